The lowest BCUT2D eigenvalue weighted by Gasteiger charge is -2.33. The zero-order valence-electron chi connectivity index (χ0n) is 8.76. The van der Waals surface area contributed by atoms with E-state index in [0.717, 1.165) is 13.1 Å². The standard InChI is InChI=1S/C9H18N2O4/c12-6-5-10-1-3-11(4-2-10)9(14)15-8-7-13/h12-13H,1-8H2. The van der Waals surface area contributed by atoms with E-state index in [2.05, 4.69) is 4.90 Å². The largest absolute Gasteiger partial charge is 0.447 e. The number of carbonyl (C=O) groups is 1. The summed E-state index contributed by atoms with van der Waals surface area (Å²) in [5, 5.41) is 17.2. The number of aliphatic hydroxyl groups is 2. The van der Waals surface area contributed by atoms with Gasteiger partial charge in [-0.05, 0) is 0 Å². The van der Waals surface area contributed by atoms with Gasteiger partial charge >= 0.3 is 6.09 Å². The third-order valence-electron chi connectivity index (χ3n) is 2.36. The molecule has 1 saturated heterocycles. The number of carbonyl (C=O) groups excluding carboxylic acids is 1. The van der Waals surface area contributed by atoms with E-state index in [0.29, 0.717) is 19.6 Å². The average molecular weight is 218 g/mol. The number of hydrogen-bond acceptors (Lipinski definition) is 5. The Hall–Kier alpha value is -0.850. The highest BCUT2D eigenvalue weighted by Crippen LogP contribution is 2.02. The molecule has 1 rings (SSSR count). The van der Waals surface area contributed by atoms with Crippen molar-refractivity contribution in [2.45, 2.75) is 0 Å². The van der Waals surface area contributed by atoms with E-state index >= 15 is 0 Å². The topological polar surface area (TPSA) is 73.2 Å². The molecular weight excluding hydrogens is 200 g/mol. The minimum atomic E-state index is -0.368. The van der Waals surface area contributed by atoms with Crippen molar-refractivity contribution in [2.75, 3.05) is 52.5 Å². The van der Waals surface area contributed by atoms with E-state index in [1.54, 1.807) is 4.90 Å². The van der Waals surface area contributed by atoms with Crippen molar-refractivity contribution >= 4 is 6.09 Å². The summed E-state index contributed by atoms with van der Waals surface area (Å²) in [6.45, 7) is 3.46. The molecule has 1 amide bonds. The molecule has 1 fully saturated rings. The number of β-amino-alcohol motifs (C(OH)–C–C–N with tert-alkyl or cyclic N) is 1. The fourth-order valence-electron chi connectivity index (χ4n) is 1.52. The van der Waals surface area contributed by atoms with E-state index < -0.39 is 0 Å². The van der Waals surface area contributed by atoms with Gasteiger partial charge in [-0.25, -0.2) is 4.79 Å². The number of nitrogens with zero attached hydrogens (tertiary/aromatic N) is 2. The first kappa shape index (κ1) is 12.2. The van der Waals surface area contributed by atoms with Crippen LogP contribution in [0.4, 0.5) is 4.79 Å². The Morgan fingerprint density at radius 1 is 1.13 bits per heavy atom. The molecule has 0 aromatic rings. The summed E-state index contributed by atoms with van der Waals surface area (Å²) in [5.41, 5.74) is 0. The first-order valence-electron chi connectivity index (χ1n) is 5.13. The van der Waals surface area contributed by atoms with Gasteiger partial charge in [0.2, 0.25) is 0 Å². The highest BCUT2D eigenvalue weighted by atomic mass is 16.6. The maximum atomic E-state index is 11.3. The second-order valence-electron chi connectivity index (χ2n) is 3.39. The Bertz CT molecular complexity index is 193. The lowest BCUT2D eigenvalue weighted by molar-refractivity contribution is 0.0609. The molecule has 0 radical (unpaired) electrons. The molecule has 6 nitrogen and oxygen atoms in total. The Labute approximate surface area is 89.0 Å². The fourth-order valence-corrected chi connectivity index (χ4v) is 1.52. The van der Waals surface area contributed by atoms with Gasteiger partial charge in [-0.2, -0.15) is 0 Å². The van der Waals surface area contributed by atoms with E-state index in [1.165, 1.54) is 0 Å². The first-order chi connectivity index (χ1) is 7.27. The number of rotatable bonds is 4. The molecule has 0 saturated carbocycles. The van der Waals surface area contributed by atoms with E-state index in [4.69, 9.17) is 14.9 Å². The molecule has 1 aliphatic heterocycles. The summed E-state index contributed by atoms with van der Waals surface area (Å²) in [5.74, 6) is 0. The van der Waals surface area contributed by atoms with Gasteiger partial charge in [-0.15, -0.1) is 0 Å². The Kier molecular flexibility index (Phi) is 5.38. The van der Waals surface area contributed by atoms with Crippen molar-refractivity contribution < 1.29 is 19.7 Å². The average Bonchev–Trinajstić information content (AvgIpc) is 2.27. The maximum Gasteiger partial charge on any atom is 0.409 e. The van der Waals surface area contributed by atoms with Gasteiger partial charge in [0.1, 0.15) is 6.61 Å². The van der Waals surface area contributed by atoms with Gasteiger partial charge in [0.15, 0.2) is 0 Å². The molecule has 15 heavy (non-hydrogen) atoms. The smallest absolute Gasteiger partial charge is 0.409 e. The molecule has 0 unspecified atom stereocenters. The highest BCUT2D eigenvalue weighted by molar-refractivity contribution is 5.67. The van der Waals surface area contributed by atoms with Crippen LogP contribution in [0.1, 0.15) is 0 Å². The third kappa shape index (κ3) is 4.03. The Balaban J connectivity index is 2.21. The van der Waals surface area contributed by atoms with Crippen molar-refractivity contribution in [3.63, 3.8) is 0 Å². The van der Waals surface area contributed by atoms with Crippen LogP contribution in [0.25, 0.3) is 0 Å². The number of hydrogen-bond donors (Lipinski definition) is 2. The monoisotopic (exact) mass is 218 g/mol. The van der Waals surface area contributed by atoms with Gasteiger partial charge in [-0.1, -0.05) is 0 Å². The van der Waals surface area contributed by atoms with Crippen LogP contribution in [-0.4, -0.2) is 78.7 Å². The third-order valence-corrected chi connectivity index (χ3v) is 2.36. The molecule has 0 bridgehead atoms. The molecule has 1 heterocycles. The molecule has 0 aromatic heterocycles. The molecule has 88 valence electrons. The first-order valence-corrected chi connectivity index (χ1v) is 5.13. The van der Waals surface area contributed by atoms with Gasteiger partial charge in [0, 0.05) is 32.7 Å². The van der Waals surface area contributed by atoms with E-state index in [1.807, 2.05) is 0 Å². The van der Waals surface area contributed by atoms with Crippen LogP contribution in [-0.2, 0) is 4.74 Å². The van der Waals surface area contributed by atoms with E-state index in [-0.39, 0.29) is 25.9 Å². The Morgan fingerprint density at radius 2 is 1.80 bits per heavy atom. The second kappa shape index (κ2) is 6.60. The predicted molar refractivity (Wildman–Crippen MR) is 53.5 cm³/mol. The van der Waals surface area contributed by atoms with Crippen molar-refractivity contribution in [2.24, 2.45) is 0 Å². The number of ether oxygens (including phenoxy) is 1. The summed E-state index contributed by atoms with van der Waals surface area (Å²) in [7, 11) is 0. The summed E-state index contributed by atoms with van der Waals surface area (Å²) in [6, 6.07) is 0. The fraction of sp³-hybridized carbons (Fsp3) is 0.889. The highest BCUT2D eigenvalue weighted by Gasteiger charge is 2.21. The van der Waals surface area contributed by atoms with Crippen LogP contribution in [0.15, 0.2) is 0 Å². The van der Waals surface area contributed by atoms with Crippen LogP contribution in [0.2, 0.25) is 0 Å². The maximum absolute atomic E-state index is 11.3. The minimum absolute atomic E-state index is 0.0513. The van der Waals surface area contributed by atoms with E-state index in [9.17, 15) is 4.79 Å². The molecule has 0 aromatic carbocycles. The molecule has 2 N–H and O–H groups in total. The molecule has 0 atom stereocenters. The van der Waals surface area contributed by atoms with Crippen LogP contribution >= 0.6 is 0 Å². The molecule has 1 aliphatic rings. The molecule has 0 spiro atoms. The van der Waals surface area contributed by atoms with Gasteiger partial charge in [0.25, 0.3) is 0 Å². The van der Waals surface area contributed by atoms with Crippen molar-refractivity contribution in [3.05, 3.63) is 0 Å². The zero-order valence-corrected chi connectivity index (χ0v) is 8.76. The lowest BCUT2D eigenvalue weighted by atomic mass is 10.3. The lowest BCUT2D eigenvalue weighted by Crippen LogP contribution is -2.49. The van der Waals surface area contributed by atoms with Crippen LogP contribution in [0, 0.1) is 0 Å². The SMILES string of the molecule is O=C(OCCO)N1CCN(CCO)CC1. The van der Waals surface area contributed by atoms with Crippen molar-refractivity contribution in [3.8, 4) is 0 Å². The predicted octanol–water partition coefficient (Wildman–Crippen LogP) is -1.27. The number of piperazine rings is 1. The minimum Gasteiger partial charge on any atom is -0.447 e. The van der Waals surface area contributed by atoms with Crippen LogP contribution in [0.5, 0.6) is 0 Å². The van der Waals surface area contributed by atoms with Crippen LogP contribution in [0.3, 0.4) is 0 Å². The van der Waals surface area contributed by atoms with Crippen molar-refractivity contribution in [1.29, 1.82) is 0 Å². The number of amides is 1. The summed E-state index contributed by atoms with van der Waals surface area (Å²) >= 11 is 0. The summed E-state index contributed by atoms with van der Waals surface area (Å²) in [6.07, 6.45) is -0.368. The van der Waals surface area contributed by atoms with Gasteiger partial charge in [-0.3, -0.25) is 4.90 Å². The second-order valence-corrected chi connectivity index (χ2v) is 3.39. The molecule has 0 aliphatic carbocycles. The summed E-state index contributed by atoms with van der Waals surface area (Å²) in [4.78, 5) is 15.1. The Morgan fingerprint density at radius 3 is 2.33 bits per heavy atom. The van der Waals surface area contributed by atoms with Crippen LogP contribution < -0.4 is 0 Å². The van der Waals surface area contributed by atoms with Gasteiger partial charge < -0.3 is 19.8 Å². The van der Waals surface area contributed by atoms with Crippen molar-refractivity contribution in [1.82, 2.24) is 9.80 Å². The zero-order chi connectivity index (χ0) is 11.1. The molecular formula is C9H18N2O4. The number of aliphatic hydroxyl groups excluding tert-OH is 2. The molecule has 6 heteroatoms. The van der Waals surface area contributed by atoms with Gasteiger partial charge in [0.05, 0.1) is 13.2 Å². The summed E-state index contributed by atoms with van der Waals surface area (Å²) < 4.78 is 4.79. The quantitative estimate of drug-likeness (QED) is 0.615. The normalized spacial score (nSPS) is 17.9.